The first-order chi connectivity index (χ1) is 9.20. The van der Waals surface area contributed by atoms with Gasteiger partial charge < -0.3 is 15.4 Å². The molecule has 0 bridgehead atoms. The molecule has 1 atom stereocenters. The van der Waals surface area contributed by atoms with Crippen LogP contribution in [0, 0.1) is 5.92 Å². The molecule has 104 valence electrons. The SMILES string of the molecule is CCN(CC1CCOC1)C(=O)Cc1ccccc1N. The highest BCUT2D eigenvalue weighted by Crippen LogP contribution is 2.16. The second-order valence-electron chi connectivity index (χ2n) is 5.04. The zero-order chi connectivity index (χ0) is 13.7. The summed E-state index contributed by atoms with van der Waals surface area (Å²) in [4.78, 5) is 14.2. The van der Waals surface area contributed by atoms with E-state index in [1.54, 1.807) is 0 Å². The number of hydrogen-bond acceptors (Lipinski definition) is 3. The van der Waals surface area contributed by atoms with Gasteiger partial charge in [0.05, 0.1) is 13.0 Å². The number of nitrogens with zero attached hydrogens (tertiary/aromatic N) is 1. The van der Waals surface area contributed by atoms with Gasteiger partial charge in [0.2, 0.25) is 5.91 Å². The van der Waals surface area contributed by atoms with Gasteiger partial charge in [-0.3, -0.25) is 4.79 Å². The van der Waals surface area contributed by atoms with Crippen LogP contribution >= 0.6 is 0 Å². The molecule has 0 spiro atoms. The highest BCUT2D eigenvalue weighted by molar-refractivity contribution is 5.80. The normalized spacial score (nSPS) is 18.5. The molecule has 0 radical (unpaired) electrons. The molecule has 0 aliphatic carbocycles. The molecule has 0 aromatic heterocycles. The highest BCUT2D eigenvalue weighted by atomic mass is 16.5. The number of para-hydroxylation sites is 1. The van der Waals surface area contributed by atoms with Gasteiger partial charge in [-0.2, -0.15) is 0 Å². The van der Waals surface area contributed by atoms with E-state index in [9.17, 15) is 4.79 Å². The summed E-state index contributed by atoms with van der Waals surface area (Å²) in [6.45, 7) is 5.14. The molecule has 0 saturated carbocycles. The lowest BCUT2D eigenvalue weighted by molar-refractivity contribution is -0.130. The molecule has 1 saturated heterocycles. The second kappa shape index (κ2) is 6.57. The minimum absolute atomic E-state index is 0.146. The van der Waals surface area contributed by atoms with Gasteiger partial charge in [-0.05, 0) is 25.0 Å². The summed E-state index contributed by atoms with van der Waals surface area (Å²) in [7, 11) is 0. The summed E-state index contributed by atoms with van der Waals surface area (Å²) in [5, 5.41) is 0. The number of anilines is 1. The molecule has 1 fully saturated rings. The molecule has 1 amide bonds. The van der Waals surface area contributed by atoms with Crippen LogP contribution in [0.1, 0.15) is 18.9 Å². The number of carbonyl (C=O) groups is 1. The van der Waals surface area contributed by atoms with Gasteiger partial charge in [0.1, 0.15) is 0 Å². The molecule has 1 aliphatic heterocycles. The number of likely N-dealkylation sites (N-methyl/N-ethyl adjacent to an activating group) is 1. The van der Waals surface area contributed by atoms with Crippen molar-refractivity contribution < 1.29 is 9.53 Å². The van der Waals surface area contributed by atoms with Gasteiger partial charge in [0, 0.05) is 31.3 Å². The Labute approximate surface area is 114 Å². The Hall–Kier alpha value is -1.55. The van der Waals surface area contributed by atoms with E-state index in [0.29, 0.717) is 18.0 Å². The number of amides is 1. The zero-order valence-corrected chi connectivity index (χ0v) is 11.5. The molecule has 1 unspecified atom stereocenters. The largest absolute Gasteiger partial charge is 0.398 e. The molecular formula is C15H22N2O2. The van der Waals surface area contributed by atoms with E-state index in [0.717, 1.165) is 38.3 Å². The van der Waals surface area contributed by atoms with Crippen molar-refractivity contribution in [1.29, 1.82) is 0 Å². The molecule has 1 aromatic rings. The molecular weight excluding hydrogens is 240 g/mol. The number of benzene rings is 1. The van der Waals surface area contributed by atoms with E-state index in [-0.39, 0.29) is 5.91 Å². The summed E-state index contributed by atoms with van der Waals surface area (Å²) >= 11 is 0. The third kappa shape index (κ3) is 3.70. The quantitative estimate of drug-likeness (QED) is 0.822. The number of carbonyl (C=O) groups excluding carboxylic acids is 1. The Morgan fingerprint density at radius 3 is 2.89 bits per heavy atom. The van der Waals surface area contributed by atoms with Crippen molar-refractivity contribution in [3.05, 3.63) is 29.8 Å². The average molecular weight is 262 g/mol. The molecule has 1 heterocycles. The van der Waals surface area contributed by atoms with Gasteiger partial charge in [-0.1, -0.05) is 18.2 Å². The molecule has 2 N–H and O–H groups in total. The lowest BCUT2D eigenvalue weighted by Crippen LogP contribution is -2.36. The van der Waals surface area contributed by atoms with Crippen molar-refractivity contribution >= 4 is 11.6 Å². The Kier molecular flexibility index (Phi) is 4.80. The highest BCUT2D eigenvalue weighted by Gasteiger charge is 2.21. The second-order valence-corrected chi connectivity index (χ2v) is 5.04. The maximum Gasteiger partial charge on any atom is 0.227 e. The van der Waals surface area contributed by atoms with E-state index in [2.05, 4.69) is 0 Å². The Morgan fingerprint density at radius 2 is 2.26 bits per heavy atom. The molecule has 1 aliphatic rings. The van der Waals surface area contributed by atoms with Crippen LogP contribution in [0.4, 0.5) is 5.69 Å². The molecule has 4 nitrogen and oxygen atoms in total. The summed E-state index contributed by atoms with van der Waals surface area (Å²) in [6, 6.07) is 7.56. The van der Waals surface area contributed by atoms with Gasteiger partial charge in [-0.15, -0.1) is 0 Å². The molecule has 1 aromatic carbocycles. The van der Waals surface area contributed by atoms with E-state index < -0.39 is 0 Å². The molecule has 2 rings (SSSR count). The van der Waals surface area contributed by atoms with Gasteiger partial charge >= 0.3 is 0 Å². The number of nitrogen functional groups attached to an aromatic ring is 1. The standard InChI is InChI=1S/C15H22N2O2/c1-2-17(10-12-7-8-19-11-12)15(18)9-13-5-3-4-6-14(13)16/h3-6,12H,2,7-11,16H2,1H3. The van der Waals surface area contributed by atoms with Gasteiger partial charge in [0.25, 0.3) is 0 Å². The third-order valence-corrected chi connectivity index (χ3v) is 3.63. The first-order valence-electron chi connectivity index (χ1n) is 6.89. The lowest BCUT2D eigenvalue weighted by atomic mass is 10.1. The van der Waals surface area contributed by atoms with Crippen molar-refractivity contribution in [2.45, 2.75) is 19.8 Å². The van der Waals surface area contributed by atoms with Crippen LogP contribution in [0.25, 0.3) is 0 Å². The Balaban J connectivity index is 1.94. The number of hydrogen-bond donors (Lipinski definition) is 1. The van der Waals surface area contributed by atoms with E-state index in [1.165, 1.54) is 0 Å². The Morgan fingerprint density at radius 1 is 1.47 bits per heavy atom. The number of nitrogens with two attached hydrogens (primary N) is 1. The monoisotopic (exact) mass is 262 g/mol. The topological polar surface area (TPSA) is 55.6 Å². The third-order valence-electron chi connectivity index (χ3n) is 3.63. The summed E-state index contributed by atoms with van der Waals surface area (Å²) in [5.41, 5.74) is 7.48. The maximum absolute atomic E-state index is 12.3. The van der Waals surface area contributed by atoms with Crippen LogP contribution in [-0.4, -0.2) is 37.1 Å². The summed E-state index contributed by atoms with van der Waals surface area (Å²) in [5.74, 6) is 0.629. The fourth-order valence-electron chi connectivity index (χ4n) is 2.42. The van der Waals surface area contributed by atoms with E-state index in [4.69, 9.17) is 10.5 Å². The maximum atomic E-state index is 12.3. The predicted octanol–water partition coefficient (Wildman–Crippen LogP) is 1.70. The van der Waals surface area contributed by atoms with Crippen molar-refractivity contribution in [3.8, 4) is 0 Å². The van der Waals surface area contributed by atoms with E-state index >= 15 is 0 Å². The first kappa shape index (κ1) is 13.9. The first-order valence-corrected chi connectivity index (χ1v) is 6.89. The van der Waals surface area contributed by atoms with Crippen LogP contribution in [-0.2, 0) is 16.0 Å². The van der Waals surface area contributed by atoms with Gasteiger partial charge in [0.15, 0.2) is 0 Å². The zero-order valence-electron chi connectivity index (χ0n) is 11.5. The smallest absolute Gasteiger partial charge is 0.227 e. The Bertz CT molecular complexity index is 428. The van der Waals surface area contributed by atoms with Crippen LogP contribution in [0.3, 0.4) is 0 Å². The van der Waals surface area contributed by atoms with Crippen molar-refractivity contribution in [2.24, 2.45) is 5.92 Å². The van der Waals surface area contributed by atoms with Gasteiger partial charge in [-0.25, -0.2) is 0 Å². The predicted molar refractivity (Wildman–Crippen MR) is 75.7 cm³/mol. The van der Waals surface area contributed by atoms with Crippen LogP contribution < -0.4 is 5.73 Å². The van der Waals surface area contributed by atoms with Crippen molar-refractivity contribution in [3.63, 3.8) is 0 Å². The van der Waals surface area contributed by atoms with Crippen molar-refractivity contribution in [1.82, 2.24) is 4.90 Å². The van der Waals surface area contributed by atoms with Crippen LogP contribution in [0.15, 0.2) is 24.3 Å². The fraction of sp³-hybridized carbons (Fsp3) is 0.533. The lowest BCUT2D eigenvalue weighted by Gasteiger charge is -2.24. The number of ether oxygens (including phenoxy) is 1. The van der Waals surface area contributed by atoms with Crippen molar-refractivity contribution in [2.75, 3.05) is 32.0 Å². The average Bonchev–Trinajstić information content (AvgIpc) is 2.91. The number of rotatable bonds is 5. The minimum atomic E-state index is 0.146. The fourth-order valence-corrected chi connectivity index (χ4v) is 2.42. The minimum Gasteiger partial charge on any atom is -0.398 e. The van der Waals surface area contributed by atoms with Crippen LogP contribution in [0.2, 0.25) is 0 Å². The summed E-state index contributed by atoms with van der Waals surface area (Å²) < 4.78 is 5.36. The summed E-state index contributed by atoms with van der Waals surface area (Å²) in [6.07, 6.45) is 1.44. The van der Waals surface area contributed by atoms with E-state index in [1.807, 2.05) is 36.1 Å². The molecule has 19 heavy (non-hydrogen) atoms. The van der Waals surface area contributed by atoms with Crippen LogP contribution in [0.5, 0.6) is 0 Å². The molecule has 4 heteroatoms.